The van der Waals surface area contributed by atoms with E-state index in [2.05, 4.69) is 30.2 Å². The standard InChI is InChI=1S/C19H18FN7O/c20-15-3-1-4-16(11-15)25-17(28)14-12-23-19(24-13-14)27-9-7-26(8-10-27)18-21-5-2-6-22-18/h1-6,11-13H,7-10H2,(H,25,28). The fraction of sp³-hybridized carbons (Fsp3) is 0.211. The van der Waals surface area contributed by atoms with Gasteiger partial charge in [-0.2, -0.15) is 0 Å². The molecule has 142 valence electrons. The molecule has 1 aliphatic heterocycles. The highest BCUT2D eigenvalue weighted by molar-refractivity contribution is 6.03. The molecule has 8 nitrogen and oxygen atoms in total. The summed E-state index contributed by atoms with van der Waals surface area (Å²) in [6.45, 7) is 2.98. The summed E-state index contributed by atoms with van der Waals surface area (Å²) in [7, 11) is 0. The largest absolute Gasteiger partial charge is 0.337 e. The third-order valence-electron chi connectivity index (χ3n) is 4.38. The number of aromatic nitrogens is 4. The number of nitrogens with one attached hydrogen (secondary N) is 1. The number of carbonyl (C=O) groups excluding carboxylic acids is 1. The first-order valence-corrected chi connectivity index (χ1v) is 8.85. The van der Waals surface area contributed by atoms with Crippen molar-refractivity contribution in [3.05, 3.63) is 66.5 Å². The van der Waals surface area contributed by atoms with Gasteiger partial charge in [0.25, 0.3) is 5.91 Å². The van der Waals surface area contributed by atoms with Gasteiger partial charge in [0.1, 0.15) is 5.82 Å². The third kappa shape index (κ3) is 4.03. The Morgan fingerprint density at radius 2 is 1.50 bits per heavy atom. The molecular weight excluding hydrogens is 361 g/mol. The van der Waals surface area contributed by atoms with E-state index in [1.807, 2.05) is 4.90 Å². The van der Waals surface area contributed by atoms with Crippen molar-refractivity contribution in [2.45, 2.75) is 0 Å². The van der Waals surface area contributed by atoms with Crippen LogP contribution in [0.3, 0.4) is 0 Å². The highest BCUT2D eigenvalue weighted by Crippen LogP contribution is 2.15. The number of nitrogens with zero attached hydrogens (tertiary/aromatic N) is 6. The minimum absolute atomic E-state index is 0.310. The molecule has 1 N–H and O–H groups in total. The molecule has 2 aromatic heterocycles. The number of hydrogen-bond acceptors (Lipinski definition) is 7. The first-order valence-electron chi connectivity index (χ1n) is 8.85. The number of anilines is 3. The van der Waals surface area contributed by atoms with Crippen LogP contribution in [0.25, 0.3) is 0 Å². The van der Waals surface area contributed by atoms with Crippen LogP contribution < -0.4 is 15.1 Å². The van der Waals surface area contributed by atoms with Crippen LogP contribution in [0.4, 0.5) is 22.0 Å². The number of rotatable bonds is 4. The Morgan fingerprint density at radius 1 is 0.893 bits per heavy atom. The molecule has 0 spiro atoms. The number of piperazine rings is 1. The Hall–Kier alpha value is -3.62. The number of halogens is 1. The SMILES string of the molecule is O=C(Nc1cccc(F)c1)c1cnc(N2CCN(c3ncccn3)CC2)nc1. The average molecular weight is 379 g/mol. The Kier molecular flexibility index (Phi) is 5.05. The smallest absolute Gasteiger partial charge is 0.258 e. The molecule has 0 saturated carbocycles. The van der Waals surface area contributed by atoms with Crippen LogP contribution in [0.5, 0.6) is 0 Å². The van der Waals surface area contributed by atoms with Crippen molar-refractivity contribution in [1.82, 2.24) is 19.9 Å². The number of benzene rings is 1. The van der Waals surface area contributed by atoms with Crippen LogP contribution in [-0.4, -0.2) is 52.0 Å². The van der Waals surface area contributed by atoms with E-state index in [0.717, 1.165) is 26.2 Å². The summed E-state index contributed by atoms with van der Waals surface area (Å²) in [6, 6.07) is 7.51. The average Bonchev–Trinajstić information content (AvgIpc) is 2.75. The molecule has 3 heterocycles. The molecule has 1 aromatic carbocycles. The Morgan fingerprint density at radius 3 is 2.11 bits per heavy atom. The second kappa shape index (κ2) is 7.95. The predicted molar refractivity (Wildman–Crippen MR) is 103 cm³/mol. The minimum atomic E-state index is -0.413. The summed E-state index contributed by atoms with van der Waals surface area (Å²) in [5, 5.41) is 2.63. The van der Waals surface area contributed by atoms with Crippen molar-refractivity contribution in [2.75, 3.05) is 41.3 Å². The van der Waals surface area contributed by atoms with E-state index in [0.29, 0.717) is 23.1 Å². The Bertz CT molecular complexity index is 944. The van der Waals surface area contributed by atoms with Gasteiger partial charge < -0.3 is 15.1 Å². The van der Waals surface area contributed by atoms with Crippen LogP contribution in [0, 0.1) is 5.82 Å². The van der Waals surface area contributed by atoms with Gasteiger partial charge in [0.05, 0.1) is 5.56 Å². The number of carbonyl (C=O) groups is 1. The lowest BCUT2D eigenvalue weighted by molar-refractivity contribution is 0.102. The quantitative estimate of drug-likeness (QED) is 0.742. The maximum Gasteiger partial charge on any atom is 0.258 e. The third-order valence-corrected chi connectivity index (χ3v) is 4.38. The Balaban J connectivity index is 1.36. The normalized spacial score (nSPS) is 14.0. The lowest BCUT2D eigenvalue weighted by Gasteiger charge is -2.34. The van der Waals surface area contributed by atoms with Gasteiger partial charge in [0, 0.05) is 56.7 Å². The molecule has 1 aliphatic rings. The van der Waals surface area contributed by atoms with Crippen molar-refractivity contribution in [1.29, 1.82) is 0 Å². The maximum atomic E-state index is 13.2. The lowest BCUT2D eigenvalue weighted by Crippen LogP contribution is -2.47. The molecule has 28 heavy (non-hydrogen) atoms. The molecular formula is C19H18FN7O. The zero-order valence-electron chi connectivity index (χ0n) is 15.0. The van der Waals surface area contributed by atoms with E-state index in [9.17, 15) is 9.18 Å². The molecule has 4 rings (SSSR count). The van der Waals surface area contributed by atoms with E-state index in [-0.39, 0.29) is 5.91 Å². The van der Waals surface area contributed by atoms with Gasteiger partial charge in [-0.1, -0.05) is 6.07 Å². The van der Waals surface area contributed by atoms with E-state index >= 15 is 0 Å². The van der Waals surface area contributed by atoms with Gasteiger partial charge >= 0.3 is 0 Å². The highest BCUT2D eigenvalue weighted by atomic mass is 19.1. The van der Waals surface area contributed by atoms with Crippen molar-refractivity contribution in [2.24, 2.45) is 0 Å². The molecule has 0 atom stereocenters. The van der Waals surface area contributed by atoms with E-state index < -0.39 is 5.82 Å². The molecule has 0 bridgehead atoms. The summed E-state index contributed by atoms with van der Waals surface area (Å²) < 4.78 is 13.2. The zero-order valence-corrected chi connectivity index (χ0v) is 15.0. The summed E-state index contributed by atoms with van der Waals surface area (Å²) in [5.41, 5.74) is 0.692. The topological polar surface area (TPSA) is 87.1 Å². The molecule has 1 fully saturated rings. The van der Waals surface area contributed by atoms with Crippen molar-refractivity contribution < 1.29 is 9.18 Å². The van der Waals surface area contributed by atoms with E-state index in [1.54, 1.807) is 24.5 Å². The Labute approximate surface area is 161 Å². The number of hydrogen-bond donors (Lipinski definition) is 1. The summed E-state index contributed by atoms with van der Waals surface area (Å²) >= 11 is 0. The van der Waals surface area contributed by atoms with Gasteiger partial charge in [-0.3, -0.25) is 4.79 Å². The van der Waals surface area contributed by atoms with Crippen molar-refractivity contribution >= 4 is 23.5 Å². The summed E-state index contributed by atoms with van der Waals surface area (Å²) in [5.74, 6) is 0.482. The first kappa shape index (κ1) is 17.8. The van der Waals surface area contributed by atoms with E-state index in [4.69, 9.17) is 0 Å². The fourth-order valence-electron chi connectivity index (χ4n) is 2.93. The second-order valence-electron chi connectivity index (χ2n) is 6.26. The van der Waals surface area contributed by atoms with Crippen LogP contribution in [-0.2, 0) is 0 Å². The molecule has 1 saturated heterocycles. The molecule has 9 heteroatoms. The van der Waals surface area contributed by atoms with E-state index in [1.165, 1.54) is 30.6 Å². The molecule has 0 radical (unpaired) electrons. The first-order chi connectivity index (χ1) is 13.7. The minimum Gasteiger partial charge on any atom is -0.337 e. The van der Waals surface area contributed by atoms with Gasteiger partial charge in [-0.25, -0.2) is 24.3 Å². The monoisotopic (exact) mass is 379 g/mol. The van der Waals surface area contributed by atoms with Crippen LogP contribution >= 0.6 is 0 Å². The summed E-state index contributed by atoms with van der Waals surface area (Å²) in [6.07, 6.45) is 6.41. The van der Waals surface area contributed by atoms with Gasteiger partial charge in [0.15, 0.2) is 0 Å². The molecule has 0 unspecified atom stereocenters. The maximum absolute atomic E-state index is 13.2. The number of amides is 1. The van der Waals surface area contributed by atoms with Gasteiger partial charge in [0.2, 0.25) is 11.9 Å². The van der Waals surface area contributed by atoms with Crippen LogP contribution in [0.1, 0.15) is 10.4 Å². The fourth-order valence-corrected chi connectivity index (χ4v) is 2.93. The van der Waals surface area contributed by atoms with Crippen molar-refractivity contribution in [3.63, 3.8) is 0 Å². The second-order valence-corrected chi connectivity index (χ2v) is 6.26. The van der Waals surface area contributed by atoms with Gasteiger partial charge in [-0.15, -0.1) is 0 Å². The molecule has 3 aromatic rings. The summed E-state index contributed by atoms with van der Waals surface area (Å²) in [4.78, 5) is 33.6. The van der Waals surface area contributed by atoms with Crippen LogP contribution in [0.2, 0.25) is 0 Å². The van der Waals surface area contributed by atoms with Crippen molar-refractivity contribution in [3.8, 4) is 0 Å². The van der Waals surface area contributed by atoms with Gasteiger partial charge in [-0.05, 0) is 24.3 Å². The highest BCUT2D eigenvalue weighted by Gasteiger charge is 2.20. The predicted octanol–water partition coefficient (Wildman–Crippen LogP) is 1.98. The van der Waals surface area contributed by atoms with Crippen LogP contribution in [0.15, 0.2) is 55.1 Å². The molecule has 0 aliphatic carbocycles. The zero-order chi connectivity index (χ0) is 19.3. The lowest BCUT2D eigenvalue weighted by atomic mass is 10.2. The molecule has 1 amide bonds.